The van der Waals surface area contributed by atoms with Crippen molar-refractivity contribution >= 4 is 16.1 Å². The van der Waals surface area contributed by atoms with Gasteiger partial charge in [0, 0.05) is 0 Å². The van der Waals surface area contributed by atoms with E-state index < -0.39 is 10.0 Å². The maximum atomic E-state index is 13.3. The van der Waals surface area contributed by atoms with E-state index in [4.69, 9.17) is 0 Å². The zero-order chi connectivity index (χ0) is 19.7. The van der Waals surface area contributed by atoms with Gasteiger partial charge in [0.2, 0.25) is 10.0 Å². The van der Waals surface area contributed by atoms with E-state index in [1.807, 2.05) is 92.7 Å². The molecular formula is C24H23NO2S. The molecule has 4 heteroatoms. The molecule has 0 aliphatic carbocycles. The number of aryl methyl sites for hydroxylation is 2. The lowest BCUT2D eigenvalue weighted by atomic mass is 10.1. The molecular weight excluding hydrogens is 366 g/mol. The summed E-state index contributed by atoms with van der Waals surface area (Å²) in [5, 5.41) is 0. The van der Waals surface area contributed by atoms with Crippen LogP contribution in [0.3, 0.4) is 0 Å². The lowest BCUT2D eigenvalue weighted by Crippen LogP contribution is -2.14. The predicted molar refractivity (Wildman–Crippen MR) is 113 cm³/mol. The van der Waals surface area contributed by atoms with Crippen LogP contribution in [0.5, 0.6) is 0 Å². The highest BCUT2D eigenvalue weighted by Gasteiger charge is 2.54. The van der Waals surface area contributed by atoms with Gasteiger partial charge in [-0.3, -0.25) is 0 Å². The molecule has 2 unspecified atom stereocenters. The van der Waals surface area contributed by atoms with Crippen LogP contribution >= 0.6 is 0 Å². The maximum Gasteiger partial charge on any atom is 0.244 e. The van der Waals surface area contributed by atoms with Crippen molar-refractivity contribution in [2.24, 2.45) is 0 Å². The molecule has 1 aliphatic rings. The van der Waals surface area contributed by atoms with Crippen LogP contribution in [0.4, 0.5) is 0 Å². The van der Waals surface area contributed by atoms with E-state index in [9.17, 15) is 8.42 Å². The van der Waals surface area contributed by atoms with Gasteiger partial charge in [-0.2, -0.15) is 4.31 Å². The molecule has 3 aromatic rings. The second-order valence-corrected chi connectivity index (χ2v) is 9.11. The second kappa shape index (κ2) is 7.38. The third-order valence-corrected chi connectivity index (χ3v) is 7.00. The lowest BCUT2D eigenvalue weighted by molar-refractivity contribution is 0.550. The molecule has 3 nitrogen and oxygen atoms in total. The van der Waals surface area contributed by atoms with E-state index in [0.717, 1.165) is 22.3 Å². The molecule has 1 saturated heterocycles. The Hall–Kier alpha value is -2.69. The van der Waals surface area contributed by atoms with Crippen molar-refractivity contribution in [3.05, 3.63) is 107 Å². The Morgan fingerprint density at radius 1 is 0.786 bits per heavy atom. The molecule has 3 atom stereocenters. The Morgan fingerprint density at radius 2 is 1.36 bits per heavy atom. The maximum absolute atomic E-state index is 13.3. The van der Waals surface area contributed by atoms with Gasteiger partial charge in [0.15, 0.2) is 0 Å². The van der Waals surface area contributed by atoms with Gasteiger partial charge in [0.1, 0.15) is 0 Å². The molecule has 0 N–H and O–H groups in total. The highest BCUT2D eigenvalue weighted by molar-refractivity contribution is 7.89. The Labute approximate surface area is 167 Å². The summed E-state index contributed by atoms with van der Waals surface area (Å²) < 4.78 is 28.1. The van der Waals surface area contributed by atoms with Crippen LogP contribution in [0.2, 0.25) is 0 Å². The summed E-state index contributed by atoms with van der Waals surface area (Å²) in [4.78, 5) is 0.339. The Balaban J connectivity index is 1.68. The van der Waals surface area contributed by atoms with Crippen molar-refractivity contribution < 1.29 is 8.42 Å². The van der Waals surface area contributed by atoms with Gasteiger partial charge in [0.05, 0.1) is 17.0 Å². The van der Waals surface area contributed by atoms with E-state index in [1.54, 1.807) is 16.4 Å². The number of sulfonamides is 1. The van der Waals surface area contributed by atoms with Crippen LogP contribution in [-0.4, -0.2) is 18.8 Å². The summed E-state index contributed by atoms with van der Waals surface area (Å²) in [6, 6.07) is 24.7. The monoisotopic (exact) mass is 389 g/mol. The number of hydrogen-bond donors (Lipinski definition) is 0. The minimum absolute atomic E-state index is 0.174. The summed E-state index contributed by atoms with van der Waals surface area (Å²) in [6.45, 7) is 3.98. The van der Waals surface area contributed by atoms with Gasteiger partial charge >= 0.3 is 0 Å². The molecule has 1 fully saturated rings. The van der Waals surface area contributed by atoms with E-state index in [-0.39, 0.29) is 12.1 Å². The zero-order valence-corrected chi connectivity index (χ0v) is 16.8. The minimum atomic E-state index is -3.56. The molecule has 0 amide bonds. The third-order valence-electron chi connectivity index (χ3n) is 5.10. The molecule has 3 aromatic carbocycles. The van der Waals surface area contributed by atoms with Gasteiger partial charge in [-0.15, -0.1) is 0 Å². The normalized spacial score (nSPS) is 21.7. The van der Waals surface area contributed by atoms with Crippen molar-refractivity contribution in [3.8, 4) is 0 Å². The smallest absolute Gasteiger partial charge is 0.207 e. The molecule has 0 spiro atoms. The van der Waals surface area contributed by atoms with Gasteiger partial charge in [-0.05, 0) is 37.1 Å². The average molecular weight is 390 g/mol. The number of nitrogens with zero attached hydrogens (tertiary/aromatic N) is 1. The molecule has 0 aromatic heterocycles. The van der Waals surface area contributed by atoms with Crippen LogP contribution in [0.1, 0.15) is 28.3 Å². The molecule has 28 heavy (non-hydrogen) atoms. The van der Waals surface area contributed by atoms with Gasteiger partial charge < -0.3 is 0 Å². The Bertz CT molecular complexity index is 1090. The first-order valence-corrected chi connectivity index (χ1v) is 10.8. The first kappa shape index (κ1) is 18.7. The van der Waals surface area contributed by atoms with E-state index in [2.05, 4.69) is 0 Å². The minimum Gasteiger partial charge on any atom is -0.207 e. The molecule has 0 saturated carbocycles. The predicted octanol–water partition coefficient (Wildman–Crippen LogP) is 5.13. The third kappa shape index (κ3) is 3.66. The van der Waals surface area contributed by atoms with Crippen molar-refractivity contribution in [3.63, 3.8) is 0 Å². The molecule has 0 bridgehead atoms. The van der Waals surface area contributed by atoms with Crippen molar-refractivity contribution in [2.45, 2.75) is 30.8 Å². The summed E-state index contributed by atoms with van der Waals surface area (Å²) in [7, 11) is -3.56. The van der Waals surface area contributed by atoms with Crippen LogP contribution in [0.25, 0.3) is 6.08 Å². The van der Waals surface area contributed by atoms with Crippen molar-refractivity contribution in [1.82, 2.24) is 4.31 Å². The van der Waals surface area contributed by atoms with Crippen molar-refractivity contribution in [2.75, 3.05) is 0 Å². The summed E-state index contributed by atoms with van der Waals surface area (Å²) in [6.07, 6.45) is 3.99. The van der Waals surface area contributed by atoms with Crippen LogP contribution < -0.4 is 0 Å². The van der Waals surface area contributed by atoms with Crippen LogP contribution in [-0.2, 0) is 10.0 Å². The first-order chi connectivity index (χ1) is 13.5. The molecule has 4 rings (SSSR count). The standard InChI is InChI=1S/C24H23NO2S/c1-18-8-13-21(14-9-18)24-23(17-12-20-6-4-3-5-7-20)25(24)28(26,27)22-15-10-19(2)11-16-22/h3-17,23-24H,1-2H3/b17-12+/t23?,24-,25?/m1/s1. The van der Waals surface area contributed by atoms with Crippen LogP contribution in [0.15, 0.2) is 89.8 Å². The highest BCUT2D eigenvalue weighted by Crippen LogP contribution is 2.48. The fourth-order valence-electron chi connectivity index (χ4n) is 3.44. The molecule has 0 radical (unpaired) electrons. The number of rotatable bonds is 5. The van der Waals surface area contributed by atoms with Gasteiger partial charge in [-0.25, -0.2) is 8.42 Å². The zero-order valence-electron chi connectivity index (χ0n) is 16.0. The van der Waals surface area contributed by atoms with Gasteiger partial charge in [-0.1, -0.05) is 90.0 Å². The van der Waals surface area contributed by atoms with Crippen molar-refractivity contribution in [1.29, 1.82) is 0 Å². The topological polar surface area (TPSA) is 37.1 Å². The molecule has 142 valence electrons. The highest BCUT2D eigenvalue weighted by atomic mass is 32.2. The average Bonchev–Trinajstić information content (AvgIpc) is 3.43. The first-order valence-electron chi connectivity index (χ1n) is 9.37. The van der Waals surface area contributed by atoms with E-state index in [0.29, 0.717) is 4.90 Å². The quantitative estimate of drug-likeness (QED) is 0.567. The number of benzene rings is 3. The van der Waals surface area contributed by atoms with Gasteiger partial charge in [0.25, 0.3) is 0 Å². The Kier molecular flexibility index (Phi) is 4.92. The fourth-order valence-corrected chi connectivity index (χ4v) is 5.16. The summed E-state index contributed by atoms with van der Waals surface area (Å²) in [5.74, 6) is 0. The Morgan fingerprint density at radius 3 is 1.96 bits per heavy atom. The fraction of sp³-hybridized carbons (Fsp3) is 0.167. The van der Waals surface area contributed by atoms with E-state index >= 15 is 0 Å². The molecule has 1 aliphatic heterocycles. The summed E-state index contributed by atoms with van der Waals surface area (Å²) in [5.41, 5.74) is 4.28. The number of hydrogen-bond acceptors (Lipinski definition) is 2. The largest absolute Gasteiger partial charge is 0.244 e. The lowest BCUT2D eigenvalue weighted by Gasteiger charge is -2.07. The van der Waals surface area contributed by atoms with Crippen LogP contribution in [0, 0.1) is 13.8 Å². The molecule has 1 heterocycles. The SMILES string of the molecule is Cc1ccc([C@@H]2C(/C=C/c3ccccc3)N2S(=O)(=O)c2ccc(C)cc2)cc1. The van der Waals surface area contributed by atoms with E-state index in [1.165, 1.54) is 0 Å². The summed E-state index contributed by atoms with van der Waals surface area (Å²) >= 11 is 0. The second-order valence-electron chi connectivity index (χ2n) is 7.26.